The average molecular weight is 483 g/mol. The summed E-state index contributed by atoms with van der Waals surface area (Å²) in [5.41, 5.74) is -1.03. The highest BCUT2D eigenvalue weighted by atomic mass is 32.2. The molecule has 188 valence electrons. The Labute approximate surface area is 202 Å². The standard InChI is InChI=1S/C25H42N2O5S/c1-9-25(14(4)5,32-17-12-15(6)10-11-16(17)13(2)3)23(31)26-18-20(28)27-19(22(29)30)24(7,8)33-21(18)27/h13-19,21H,9-12H2,1-8H3,(H,26,31)(H,29,30)/t15-,16+,17+,18-,19-,21+,25-/m0/s1. The lowest BCUT2D eigenvalue weighted by Crippen LogP contribution is -2.72. The summed E-state index contributed by atoms with van der Waals surface area (Å²) in [6.07, 6.45) is 3.74. The van der Waals surface area contributed by atoms with E-state index in [1.807, 2.05) is 34.6 Å². The molecule has 0 spiro atoms. The van der Waals surface area contributed by atoms with Crippen molar-refractivity contribution in [3.05, 3.63) is 0 Å². The number of hydrogen-bond donors (Lipinski definition) is 2. The number of rotatable bonds is 8. The van der Waals surface area contributed by atoms with E-state index in [0.29, 0.717) is 24.2 Å². The van der Waals surface area contributed by atoms with Gasteiger partial charge in [-0.25, -0.2) is 4.79 Å². The van der Waals surface area contributed by atoms with Crippen LogP contribution in [0.4, 0.5) is 0 Å². The second-order valence-electron chi connectivity index (χ2n) is 11.4. The van der Waals surface area contributed by atoms with E-state index < -0.39 is 28.4 Å². The van der Waals surface area contributed by atoms with E-state index in [1.165, 1.54) is 23.1 Å². The zero-order valence-electron chi connectivity index (χ0n) is 21.4. The van der Waals surface area contributed by atoms with Crippen molar-refractivity contribution in [3.8, 4) is 0 Å². The number of nitrogens with one attached hydrogen (secondary N) is 1. The minimum Gasteiger partial charge on any atom is -0.480 e. The fourth-order valence-corrected chi connectivity index (χ4v) is 7.66. The fourth-order valence-electron chi connectivity index (χ4n) is 6.03. The number of aliphatic carboxylic acids is 1. The number of β-lactam (4-membered cyclic amide) rings is 1. The third-order valence-electron chi connectivity index (χ3n) is 8.13. The van der Waals surface area contributed by atoms with Crippen LogP contribution in [0.1, 0.15) is 81.1 Å². The lowest BCUT2D eigenvalue weighted by atomic mass is 9.74. The molecule has 7 atom stereocenters. The molecular weight excluding hydrogens is 440 g/mol. The van der Waals surface area contributed by atoms with Crippen molar-refractivity contribution in [2.24, 2.45) is 23.7 Å². The maximum Gasteiger partial charge on any atom is 0.327 e. The number of hydrogen-bond acceptors (Lipinski definition) is 5. The number of carbonyl (C=O) groups is 3. The van der Waals surface area contributed by atoms with Crippen molar-refractivity contribution < 1.29 is 24.2 Å². The monoisotopic (exact) mass is 482 g/mol. The topological polar surface area (TPSA) is 95.9 Å². The van der Waals surface area contributed by atoms with E-state index in [4.69, 9.17) is 4.74 Å². The Morgan fingerprint density at radius 3 is 2.42 bits per heavy atom. The predicted molar refractivity (Wildman–Crippen MR) is 130 cm³/mol. The van der Waals surface area contributed by atoms with E-state index in [9.17, 15) is 19.5 Å². The van der Waals surface area contributed by atoms with E-state index >= 15 is 0 Å². The molecule has 3 rings (SSSR count). The summed E-state index contributed by atoms with van der Waals surface area (Å²) >= 11 is 1.44. The Morgan fingerprint density at radius 1 is 1.27 bits per heavy atom. The first-order valence-electron chi connectivity index (χ1n) is 12.5. The van der Waals surface area contributed by atoms with Crippen LogP contribution >= 0.6 is 11.8 Å². The van der Waals surface area contributed by atoms with Gasteiger partial charge in [0.15, 0.2) is 0 Å². The number of fused-ring (bicyclic) bond motifs is 1. The van der Waals surface area contributed by atoms with Gasteiger partial charge in [0, 0.05) is 4.75 Å². The van der Waals surface area contributed by atoms with E-state index in [-0.39, 0.29) is 29.2 Å². The Hall–Kier alpha value is -1.28. The molecular formula is C25H42N2O5S. The lowest BCUT2D eigenvalue weighted by Gasteiger charge is -2.47. The number of nitrogens with zero attached hydrogens (tertiary/aromatic N) is 1. The maximum absolute atomic E-state index is 13.8. The van der Waals surface area contributed by atoms with Crippen LogP contribution < -0.4 is 5.32 Å². The summed E-state index contributed by atoms with van der Waals surface area (Å²) in [5.74, 6) is -0.219. The van der Waals surface area contributed by atoms with Gasteiger partial charge in [0.25, 0.3) is 5.91 Å². The average Bonchev–Trinajstić information content (AvgIpc) is 2.97. The van der Waals surface area contributed by atoms with Crippen LogP contribution in [-0.2, 0) is 19.1 Å². The molecule has 2 saturated heterocycles. The molecule has 0 aromatic rings. The first-order valence-corrected chi connectivity index (χ1v) is 13.4. The van der Waals surface area contributed by atoms with Crippen molar-refractivity contribution in [3.63, 3.8) is 0 Å². The number of ether oxygens (including phenoxy) is 1. The Morgan fingerprint density at radius 2 is 1.91 bits per heavy atom. The van der Waals surface area contributed by atoms with Gasteiger partial charge in [-0.1, -0.05) is 48.0 Å². The molecule has 0 bridgehead atoms. The van der Waals surface area contributed by atoms with Crippen LogP contribution in [-0.4, -0.2) is 61.7 Å². The molecule has 3 aliphatic rings. The van der Waals surface area contributed by atoms with Crippen molar-refractivity contribution in [1.82, 2.24) is 10.2 Å². The zero-order chi connectivity index (χ0) is 24.9. The summed E-state index contributed by atoms with van der Waals surface area (Å²) in [4.78, 5) is 39.9. The molecule has 8 heteroatoms. The zero-order valence-corrected chi connectivity index (χ0v) is 22.2. The Bertz CT molecular complexity index is 785. The number of carboxylic acid groups (broad SMARTS) is 1. The van der Waals surface area contributed by atoms with Gasteiger partial charge in [0.1, 0.15) is 23.1 Å². The van der Waals surface area contributed by atoms with E-state index in [0.717, 1.165) is 12.8 Å². The first kappa shape index (κ1) is 26.3. The molecule has 0 unspecified atom stereocenters. The van der Waals surface area contributed by atoms with Crippen LogP contribution in [0.15, 0.2) is 0 Å². The minimum absolute atomic E-state index is 0.00613. The van der Waals surface area contributed by atoms with Gasteiger partial charge in [-0.2, -0.15) is 0 Å². The van der Waals surface area contributed by atoms with Gasteiger partial charge in [0.05, 0.1) is 6.10 Å². The molecule has 2 N–H and O–H groups in total. The van der Waals surface area contributed by atoms with Crippen molar-refractivity contribution >= 4 is 29.5 Å². The van der Waals surface area contributed by atoms with Gasteiger partial charge in [0.2, 0.25) is 5.91 Å². The van der Waals surface area contributed by atoms with Gasteiger partial charge < -0.3 is 20.1 Å². The molecule has 3 fully saturated rings. The van der Waals surface area contributed by atoms with Gasteiger partial charge in [-0.3, -0.25) is 9.59 Å². The highest BCUT2D eigenvalue weighted by Crippen LogP contribution is 2.51. The summed E-state index contributed by atoms with van der Waals surface area (Å²) in [6, 6.07) is -1.61. The SMILES string of the molecule is CC[C@@](O[C@@H]1C[C@@H](C)CC[C@@H]1C(C)C)(C(=O)N[C@H]1C(=O)N2[C@@H]1SC(C)(C)[C@@H]2C(=O)O)C(C)C. The molecule has 0 radical (unpaired) electrons. The molecule has 7 nitrogen and oxygen atoms in total. The summed E-state index contributed by atoms with van der Waals surface area (Å²) in [7, 11) is 0. The van der Waals surface area contributed by atoms with Crippen molar-refractivity contribution in [1.29, 1.82) is 0 Å². The molecule has 0 aromatic heterocycles. The highest BCUT2D eigenvalue weighted by molar-refractivity contribution is 8.01. The van der Waals surface area contributed by atoms with Crippen molar-refractivity contribution in [2.75, 3.05) is 0 Å². The second-order valence-corrected chi connectivity index (χ2v) is 13.2. The third kappa shape index (κ3) is 4.54. The van der Waals surface area contributed by atoms with Crippen LogP contribution in [0.2, 0.25) is 0 Å². The molecule has 2 amide bonds. The molecule has 2 heterocycles. The number of carbonyl (C=O) groups excluding carboxylic acids is 2. The quantitative estimate of drug-likeness (QED) is 0.510. The first-order chi connectivity index (χ1) is 15.3. The molecule has 1 saturated carbocycles. The van der Waals surface area contributed by atoms with Gasteiger partial charge in [-0.15, -0.1) is 11.8 Å². The van der Waals surface area contributed by atoms with Gasteiger partial charge >= 0.3 is 5.97 Å². The summed E-state index contributed by atoms with van der Waals surface area (Å²) in [5, 5.41) is 12.3. The van der Waals surface area contributed by atoms with E-state index in [2.05, 4.69) is 26.1 Å². The molecule has 33 heavy (non-hydrogen) atoms. The summed E-state index contributed by atoms with van der Waals surface area (Å²) in [6.45, 7) is 16.3. The smallest absolute Gasteiger partial charge is 0.327 e. The number of amides is 2. The maximum atomic E-state index is 13.8. The normalized spacial score (nSPS) is 35.2. The third-order valence-corrected chi connectivity index (χ3v) is 9.70. The Balaban J connectivity index is 1.81. The number of carboxylic acids is 1. The largest absolute Gasteiger partial charge is 0.480 e. The lowest BCUT2D eigenvalue weighted by molar-refractivity contribution is -0.184. The fraction of sp³-hybridized carbons (Fsp3) is 0.880. The second kappa shape index (κ2) is 9.40. The van der Waals surface area contributed by atoms with Gasteiger partial charge in [-0.05, 0) is 56.8 Å². The van der Waals surface area contributed by atoms with E-state index in [1.54, 1.807) is 0 Å². The molecule has 2 aliphatic heterocycles. The van der Waals surface area contributed by atoms with Crippen LogP contribution in [0.3, 0.4) is 0 Å². The highest BCUT2D eigenvalue weighted by Gasteiger charge is 2.64. The molecule has 1 aliphatic carbocycles. The number of thioether (sulfide) groups is 1. The summed E-state index contributed by atoms with van der Waals surface area (Å²) < 4.78 is 6.15. The van der Waals surface area contributed by atoms with Crippen LogP contribution in [0.5, 0.6) is 0 Å². The van der Waals surface area contributed by atoms with Crippen LogP contribution in [0.25, 0.3) is 0 Å². The predicted octanol–water partition coefficient (Wildman–Crippen LogP) is 3.90. The van der Waals surface area contributed by atoms with Crippen LogP contribution in [0, 0.1) is 23.7 Å². The Kier molecular flexibility index (Phi) is 7.50. The van der Waals surface area contributed by atoms with Crippen molar-refractivity contribution in [2.45, 2.75) is 115 Å². The molecule has 0 aromatic carbocycles. The minimum atomic E-state index is -1.03.